The maximum absolute atomic E-state index is 3.50. The topological polar surface area (TPSA) is 12.0 Å². The molecule has 0 aliphatic carbocycles. The van der Waals surface area contributed by atoms with Gasteiger partial charge in [0.2, 0.25) is 0 Å². The zero-order valence-electron chi connectivity index (χ0n) is 10.6. The molecule has 0 saturated heterocycles. The standard InChI is InChI=1S/C17H15N.ClH/c1-2-7-14-12(5-1)13-6-3-4-8-15(13)17-11-18-10-9-16(14)17;/h1-8,18H,9-11H2;1H. The molecule has 0 unspecified atom stereocenters. The van der Waals surface area contributed by atoms with Crippen molar-refractivity contribution in [2.45, 2.75) is 13.0 Å². The van der Waals surface area contributed by atoms with Crippen molar-refractivity contribution in [3.8, 4) is 0 Å². The lowest BCUT2D eigenvalue weighted by atomic mass is 9.88. The van der Waals surface area contributed by atoms with Crippen molar-refractivity contribution in [1.29, 1.82) is 0 Å². The number of hydrogen-bond donors (Lipinski definition) is 1. The Bertz CT molecular complexity index is 684. The average molecular weight is 270 g/mol. The molecule has 4 rings (SSSR count). The fraction of sp³-hybridized carbons (Fsp3) is 0.176. The number of fused-ring (bicyclic) bond motifs is 6. The third kappa shape index (κ3) is 1.81. The van der Waals surface area contributed by atoms with Crippen LogP contribution in [0, 0.1) is 0 Å². The zero-order valence-corrected chi connectivity index (χ0v) is 11.5. The highest BCUT2D eigenvalue weighted by Gasteiger charge is 2.16. The van der Waals surface area contributed by atoms with Gasteiger partial charge in [0, 0.05) is 6.54 Å². The largest absolute Gasteiger partial charge is 0.312 e. The summed E-state index contributed by atoms with van der Waals surface area (Å²) in [5.74, 6) is 0. The highest BCUT2D eigenvalue weighted by molar-refractivity contribution is 6.10. The highest BCUT2D eigenvalue weighted by Crippen LogP contribution is 2.34. The van der Waals surface area contributed by atoms with E-state index in [0.29, 0.717) is 0 Å². The van der Waals surface area contributed by atoms with Crippen LogP contribution < -0.4 is 5.32 Å². The first-order valence-electron chi connectivity index (χ1n) is 6.57. The van der Waals surface area contributed by atoms with E-state index in [4.69, 9.17) is 0 Å². The number of nitrogens with one attached hydrogen (secondary N) is 1. The summed E-state index contributed by atoms with van der Waals surface area (Å²) in [6.45, 7) is 2.09. The fourth-order valence-electron chi connectivity index (χ4n) is 3.20. The smallest absolute Gasteiger partial charge is 0.0214 e. The van der Waals surface area contributed by atoms with Crippen LogP contribution in [0.1, 0.15) is 11.1 Å². The highest BCUT2D eigenvalue weighted by atomic mass is 35.5. The molecule has 1 aliphatic heterocycles. The summed E-state index contributed by atoms with van der Waals surface area (Å²) >= 11 is 0. The Kier molecular flexibility index (Phi) is 3.17. The summed E-state index contributed by atoms with van der Waals surface area (Å²) in [5.41, 5.74) is 3.04. The van der Waals surface area contributed by atoms with Crippen LogP contribution in [0.3, 0.4) is 0 Å². The summed E-state index contributed by atoms with van der Waals surface area (Å²) in [4.78, 5) is 0. The second-order valence-corrected chi connectivity index (χ2v) is 4.98. The van der Waals surface area contributed by atoms with Crippen LogP contribution in [0.15, 0.2) is 48.5 Å². The van der Waals surface area contributed by atoms with Gasteiger partial charge in [-0.3, -0.25) is 0 Å². The van der Waals surface area contributed by atoms with Crippen molar-refractivity contribution >= 4 is 34.0 Å². The summed E-state index contributed by atoms with van der Waals surface area (Å²) in [6.07, 6.45) is 1.14. The molecule has 0 radical (unpaired) electrons. The first-order valence-corrected chi connectivity index (χ1v) is 6.57. The van der Waals surface area contributed by atoms with E-state index in [2.05, 4.69) is 53.8 Å². The van der Waals surface area contributed by atoms with Crippen LogP contribution in [0.4, 0.5) is 0 Å². The molecule has 1 nitrogen and oxygen atoms in total. The first-order chi connectivity index (χ1) is 8.95. The van der Waals surface area contributed by atoms with E-state index in [0.717, 1.165) is 19.5 Å². The summed E-state index contributed by atoms with van der Waals surface area (Å²) in [6, 6.07) is 17.6. The lowest BCUT2D eigenvalue weighted by Crippen LogP contribution is -2.24. The van der Waals surface area contributed by atoms with Gasteiger partial charge in [-0.1, -0.05) is 48.5 Å². The fourth-order valence-corrected chi connectivity index (χ4v) is 3.20. The normalized spacial score (nSPS) is 14.1. The molecular formula is C17H16ClN. The van der Waals surface area contributed by atoms with Crippen molar-refractivity contribution < 1.29 is 0 Å². The van der Waals surface area contributed by atoms with E-state index in [1.54, 1.807) is 5.56 Å². The van der Waals surface area contributed by atoms with Gasteiger partial charge in [0.1, 0.15) is 0 Å². The minimum absolute atomic E-state index is 0. The van der Waals surface area contributed by atoms with Gasteiger partial charge in [0.25, 0.3) is 0 Å². The van der Waals surface area contributed by atoms with Gasteiger partial charge in [0.05, 0.1) is 0 Å². The molecule has 19 heavy (non-hydrogen) atoms. The molecule has 0 bridgehead atoms. The van der Waals surface area contributed by atoms with Crippen LogP contribution in [-0.2, 0) is 13.0 Å². The second kappa shape index (κ2) is 4.84. The molecule has 1 N–H and O–H groups in total. The molecule has 96 valence electrons. The van der Waals surface area contributed by atoms with E-state index < -0.39 is 0 Å². The Morgan fingerprint density at radius 3 is 1.84 bits per heavy atom. The van der Waals surface area contributed by atoms with E-state index >= 15 is 0 Å². The molecule has 0 amide bonds. The maximum Gasteiger partial charge on any atom is 0.0214 e. The number of halogens is 1. The zero-order chi connectivity index (χ0) is 11.9. The van der Waals surface area contributed by atoms with Gasteiger partial charge < -0.3 is 5.32 Å². The summed E-state index contributed by atoms with van der Waals surface area (Å²) in [5, 5.41) is 9.13. The summed E-state index contributed by atoms with van der Waals surface area (Å²) < 4.78 is 0. The molecule has 0 aromatic heterocycles. The Balaban J connectivity index is 0.00000110. The number of benzene rings is 3. The third-order valence-electron chi connectivity index (χ3n) is 4.01. The van der Waals surface area contributed by atoms with Crippen LogP contribution in [0.25, 0.3) is 21.5 Å². The van der Waals surface area contributed by atoms with Gasteiger partial charge in [-0.25, -0.2) is 0 Å². The SMILES string of the molecule is Cl.c1ccc2c(c1)c1c(c3ccccc32)CNCC1. The Morgan fingerprint density at radius 1 is 0.684 bits per heavy atom. The maximum atomic E-state index is 3.50. The molecule has 3 aromatic rings. The predicted octanol–water partition coefficient (Wildman–Crippen LogP) is 4.06. The lowest BCUT2D eigenvalue weighted by Gasteiger charge is -2.22. The van der Waals surface area contributed by atoms with Crippen LogP contribution in [0.2, 0.25) is 0 Å². The molecule has 0 atom stereocenters. The second-order valence-electron chi connectivity index (χ2n) is 4.98. The molecule has 0 saturated carbocycles. The Morgan fingerprint density at radius 2 is 1.21 bits per heavy atom. The van der Waals surface area contributed by atoms with Gasteiger partial charge >= 0.3 is 0 Å². The third-order valence-corrected chi connectivity index (χ3v) is 4.01. The minimum Gasteiger partial charge on any atom is -0.312 e. The quantitative estimate of drug-likeness (QED) is 0.607. The molecule has 0 spiro atoms. The Labute approximate surface area is 119 Å². The molecule has 3 aromatic carbocycles. The van der Waals surface area contributed by atoms with Crippen molar-refractivity contribution in [3.63, 3.8) is 0 Å². The molecule has 1 aliphatic rings. The van der Waals surface area contributed by atoms with E-state index in [1.807, 2.05) is 0 Å². The van der Waals surface area contributed by atoms with Crippen molar-refractivity contribution in [2.75, 3.05) is 6.54 Å². The predicted molar refractivity (Wildman–Crippen MR) is 84.1 cm³/mol. The molecule has 1 heterocycles. The van der Waals surface area contributed by atoms with Crippen LogP contribution >= 0.6 is 12.4 Å². The van der Waals surface area contributed by atoms with Crippen LogP contribution in [-0.4, -0.2) is 6.54 Å². The molecule has 2 heteroatoms. The van der Waals surface area contributed by atoms with Gasteiger partial charge in [0.15, 0.2) is 0 Å². The van der Waals surface area contributed by atoms with Gasteiger partial charge in [-0.2, -0.15) is 0 Å². The van der Waals surface area contributed by atoms with Crippen LogP contribution in [0.5, 0.6) is 0 Å². The molecular weight excluding hydrogens is 254 g/mol. The van der Waals surface area contributed by atoms with Gasteiger partial charge in [-0.05, 0) is 45.6 Å². The van der Waals surface area contributed by atoms with Crippen molar-refractivity contribution in [1.82, 2.24) is 5.32 Å². The number of hydrogen-bond acceptors (Lipinski definition) is 1. The Hall–Kier alpha value is -1.57. The average Bonchev–Trinajstić information content (AvgIpc) is 2.48. The van der Waals surface area contributed by atoms with E-state index in [-0.39, 0.29) is 12.4 Å². The van der Waals surface area contributed by atoms with Crippen molar-refractivity contribution in [2.24, 2.45) is 0 Å². The lowest BCUT2D eigenvalue weighted by molar-refractivity contribution is 0.651. The molecule has 0 fully saturated rings. The monoisotopic (exact) mass is 269 g/mol. The van der Waals surface area contributed by atoms with E-state index in [1.165, 1.54) is 27.1 Å². The van der Waals surface area contributed by atoms with Gasteiger partial charge in [-0.15, -0.1) is 12.4 Å². The summed E-state index contributed by atoms with van der Waals surface area (Å²) in [7, 11) is 0. The number of rotatable bonds is 0. The minimum atomic E-state index is 0. The first kappa shape index (κ1) is 12.5. The van der Waals surface area contributed by atoms with Crippen molar-refractivity contribution in [3.05, 3.63) is 59.7 Å². The van der Waals surface area contributed by atoms with E-state index in [9.17, 15) is 0 Å².